The number of benzene rings is 3. The second kappa shape index (κ2) is 6.13. The maximum absolute atomic E-state index is 12.7. The summed E-state index contributed by atoms with van der Waals surface area (Å²) in [6, 6.07) is 19.9. The van der Waals surface area contributed by atoms with Crippen molar-refractivity contribution in [2.45, 2.75) is 26.7 Å². The van der Waals surface area contributed by atoms with Crippen molar-refractivity contribution in [3.8, 4) is 17.0 Å². The van der Waals surface area contributed by atoms with Crippen molar-refractivity contribution in [2.24, 2.45) is 5.41 Å². The largest absolute Gasteiger partial charge is 0.425 e. The van der Waals surface area contributed by atoms with E-state index < -0.39 is 0 Å². The lowest BCUT2D eigenvalue weighted by molar-refractivity contribution is -0.136. The normalized spacial score (nSPS) is 15.9. The molecule has 3 aromatic carbocycles. The molecule has 138 valence electrons. The van der Waals surface area contributed by atoms with Gasteiger partial charge in [-0.05, 0) is 35.4 Å². The Morgan fingerprint density at radius 1 is 0.857 bits per heavy atom. The van der Waals surface area contributed by atoms with Gasteiger partial charge in [-0.3, -0.25) is 4.79 Å². The molecule has 0 N–H and O–H groups in total. The first-order valence-electron chi connectivity index (χ1n) is 9.49. The highest BCUT2D eigenvalue weighted by Crippen LogP contribution is 2.41. The molecule has 1 aromatic heterocycles. The Labute approximate surface area is 163 Å². The van der Waals surface area contributed by atoms with Gasteiger partial charge >= 0.3 is 5.97 Å². The molecule has 0 saturated carbocycles. The van der Waals surface area contributed by atoms with E-state index >= 15 is 0 Å². The van der Waals surface area contributed by atoms with E-state index in [9.17, 15) is 4.79 Å². The molecule has 4 nitrogen and oxygen atoms in total. The fourth-order valence-electron chi connectivity index (χ4n) is 3.97. The number of hydrogen-bond donors (Lipinski definition) is 0. The molecule has 0 aliphatic carbocycles. The third-order valence-corrected chi connectivity index (χ3v) is 5.26. The monoisotopic (exact) mass is 368 g/mol. The molecule has 0 bridgehead atoms. The number of ether oxygens (including phenoxy) is 1. The molecule has 1 aliphatic rings. The number of para-hydroxylation sites is 2. The fourth-order valence-corrected chi connectivity index (χ4v) is 3.97. The van der Waals surface area contributed by atoms with Crippen LogP contribution in [0.15, 0.2) is 60.7 Å². The number of hydrogen-bond acceptors (Lipinski definition) is 4. The molecule has 5 rings (SSSR count). The smallest absolute Gasteiger partial charge is 0.311 e. The summed E-state index contributed by atoms with van der Waals surface area (Å²) < 4.78 is 5.93. The van der Waals surface area contributed by atoms with Gasteiger partial charge in [0.1, 0.15) is 5.75 Å². The third-order valence-electron chi connectivity index (χ3n) is 5.26. The van der Waals surface area contributed by atoms with E-state index in [1.807, 2.05) is 60.7 Å². The van der Waals surface area contributed by atoms with Crippen molar-refractivity contribution >= 4 is 27.8 Å². The number of carbonyl (C=O) groups excluding carboxylic acids is 1. The SMILES string of the molecule is CC1(C)CC(=O)Oc2c(ccc3ccccc23)-c2nc3ccccc3nc2C1. The van der Waals surface area contributed by atoms with E-state index in [0.29, 0.717) is 18.6 Å². The lowest BCUT2D eigenvalue weighted by Gasteiger charge is -2.22. The molecule has 1 aliphatic heterocycles. The Balaban J connectivity index is 1.87. The minimum absolute atomic E-state index is 0.222. The molecule has 0 spiro atoms. The lowest BCUT2D eigenvalue weighted by atomic mass is 9.83. The van der Waals surface area contributed by atoms with Crippen molar-refractivity contribution in [3.63, 3.8) is 0 Å². The molecule has 4 aromatic rings. The van der Waals surface area contributed by atoms with Gasteiger partial charge in [-0.2, -0.15) is 0 Å². The van der Waals surface area contributed by atoms with Crippen LogP contribution in [-0.4, -0.2) is 15.9 Å². The molecule has 0 unspecified atom stereocenters. The average molecular weight is 368 g/mol. The summed E-state index contributed by atoms with van der Waals surface area (Å²) in [5.74, 6) is 0.353. The zero-order chi connectivity index (χ0) is 19.3. The second-order valence-electron chi connectivity index (χ2n) is 8.16. The van der Waals surface area contributed by atoms with Gasteiger partial charge in [0.25, 0.3) is 0 Å². The Morgan fingerprint density at radius 2 is 1.57 bits per heavy atom. The maximum atomic E-state index is 12.7. The standard InChI is InChI=1S/C24H20N2O2/c1-24(2)13-20-22(26-19-10-6-5-9-18(19)25-20)17-12-11-15-7-3-4-8-16(15)23(17)28-21(27)14-24/h3-12H,13-14H2,1-2H3. The highest BCUT2D eigenvalue weighted by molar-refractivity contribution is 5.97. The summed E-state index contributed by atoms with van der Waals surface area (Å²) in [6.45, 7) is 4.14. The quantitative estimate of drug-likeness (QED) is 0.311. The zero-order valence-corrected chi connectivity index (χ0v) is 15.9. The van der Waals surface area contributed by atoms with E-state index in [2.05, 4.69) is 13.8 Å². The van der Waals surface area contributed by atoms with Crippen molar-refractivity contribution in [1.82, 2.24) is 9.97 Å². The van der Waals surface area contributed by atoms with Crippen LogP contribution in [-0.2, 0) is 11.2 Å². The summed E-state index contributed by atoms with van der Waals surface area (Å²) in [5, 5.41) is 1.94. The van der Waals surface area contributed by atoms with Gasteiger partial charge in [-0.15, -0.1) is 0 Å². The van der Waals surface area contributed by atoms with Crippen LogP contribution in [0.1, 0.15) is 26.0 Å². The number of carbonyl (C=O) groups is 1. The molecular formula is C24H20N2O2. The highest BCUT2D eigenvalue weighted by Gasteiger charge is 2.30. The third kappa shape index (κ3) is 2.82. The molecular weight excluding hydrogens is 348 g/mol. The number of aromatic nitrogens is 2. The molecule has 0 saturated heterocycles. The molecule has 4 heteroatoms. The first-order chi connectivity index (χ1) is 13.5. The summed E-state index contributed by atoms with van der Waals surface area (Å²) in [4.78, 5) is 22.6. The van der Waals surface area contributed by atoms with Gasteiger partial charge in [0, 0.05) is 10.9 Å². The Bertz CT molecular complexity index is 1240. The summed E-state index contributed by atoms with van der Waals surface area (Å²) >= 11 is 0. The van der Waals surface area contributed by atoms with Gasteiger partial charge in [-0.25, -0.2) is 9.97 Å². The van der Waals surface area contributed by atoms with Crippen LogP contribution >= 0.6 is 0 Å². The number of nitrogens with zero attached hydrogens (tertiary/aromatic N) is 2. The first-order valence-corrected chi connectivity index (χ1v) is 9.49. The summed E-state index contributed by atoms with van der Waals surface area (Å²) in [7, 11) is 0. The van der Waals surface area contributed by atoms with Crippen LogP contribution in [0.4, 0.5) is 0 Å². The van der Waals surface area contributed by atoms with Crippen LogP contribution in [0, 0.1) is 5.41 Å². The Morgan fingerprint density at radius 3 is 2.39 bits per heavy atom. The predicted molar refractivity (Wildman–Crippen MR) is 110 cm³/mol. The average Bonchev–Trinajstić information content (AvgIpc) is 2.70. The lowest BCUT2D eigenvalue weighted by Crippen LogP contribution is -2.23. The first kappa shape index (κ1) is 16.9. The minimum atomic E-state index is -0.277. The number of fused-ring (bicyclic) bond motifs is 6. The molecule has 0 fully saturated rings. The van der Waals surface area contributed by atoms with E-state index in [1.54, 1.807) is 0 Å². The van der Waals surface area contributed by atoms with Crippen LogP contribution < -0.4 is 4.74 Å². The zero-order valence-electron chi connectivity index (χ0n) is 15.9. The van der Waals surface area contributed by atoms with Crippen LogP contribution in [0.2, 0.25) is 0 Å². The topological polar surface area (TPSA) is 52.1 Å². The molecule has 0 radical (unpaired) electrons. The van der Waals surface area contributed by atoms with E-state index in [0.717, 1.165) is 38.8 Å². The van der Waals surface area contributed by atoms with Crippen molar-refractivity contribution in [1.29, 1.82) is 0 Å². The molecule has 28 heavy (non-hydrogen) atoms. The van der Waals surface area contributed by atoms with Gasteiger partial charge in [0.2, 0.25) is 0 Å². The maximum Gasteiger partial charge on any atom is 0.311 e. The summed E-state index contributed by atoms with van der Waals surface area (Å²) in [5.41, 5.74) is 3.94. The Kier molecular flexibility index (Phi) is 3.69. The van der Waals surface area contributed by atoms with Crippen molar-refractivity contribution in [2.75, 3.05) is 0 Å². The number of rotatable bonds is 0. The molecule has 0 atom stereocenters. The van der Waals surface area contributed by atoms with E-state index in [1.165, 1.54) is 0 Å². The van der Waals surface area contributed by atoms with Gasteiger partial charge < -0.3 is 4.74 Å². The van der Waals surface area contributed by atoms with Gasteiger partial charge in [-0.1, -0.05) is 56.3 Å². The van der Waals surface area contributed by atoms with Gasteiger partial charge in [0.05, 0.1) is 28.8 Å². The predicted octanol–water partition coefficient (Wildman–Crippen LogP) is 5.33. The minimum Gasteiger partial charge on any atom is -0.425 e. The van der Waals surface area contributed by atoms with Crippen molar-refractivity contribution in [3.05, 3.63) is 66.4 Å². The second-order valence-corrected chi connectivity index (χ2v) is 8.16. The highest BCUT2D eigenvalue weighted by atomic mass is 16.5. The fraction of sp³-hybridized carbons (Fsp3) is 0.208. The summed E-state index contributed by atoms with van der Waals surface area (Å²) in [6.07, 6.45) is 0.977. The molecule has 2 heterocycles. The molecule has 0 amide bonds. The van der Waals surface area contributed by atoms with Crippen LogP contribution in [0.3, 0.4) is 0 Å². The van der Waals surface area contributed by atoms with Gasteiger partial charge in [0.15, 0.2) is 0 Å². The number of esters is 1. The van der Waals surface area contributed by atoms with E-state index in [4.69, 9.17) is 14.7 Å². The van der Waals surface area contributed by atoms with Crippen molar-refractivity contribution < 1.29 is 9.53 Å². The van der Waals surface area contributed by atoms with Crippen LogP contribution in [0.5, 0.6) is 5.75 Å². The van der Waals surface area contributed by atoms with Crippen LogP contribution in [0.25, 0.3) is 33.1 Å². The van der Waals surface area contributed by atoms with E-state index in [-0.39, 0.29) is 11.4 Å². The Hall–Kier alpha value is -3.27.